The van der Waals surface area contributed by atoms with Gasteiger partial charge in [0.05, 0.1) is 21.6 Å². The summed E-state index contributed by atoms with van der Waals surface area (Å²) in [5.74, 6) is 0. The number of rotatable bonds is 3. The van der Waals surface area contributed by atoms with Gasteiger partial charge < -0.3 is 9.97 Å². The highest BCUT2D eigenvalue weighted by molar-refractivity contribution is 7.92. The van der Waals surface area contributed by atoms with Crippen molar-refractivity contribution in [1.29, 1.82) is 0 Å². The Labute approximate surface area is 144 Å². The van der Waals surface area contributed by atoms with Crippen LogP contribution in [0.2, 0.25) is 0 Å². The molecule has 0 amide bonds. The van der Waals surface area contributed by atoms with Gasteiger partial charge in [0.15, 0.2) is 0 Å². The average Bonchev–Trinajstić information content (AvgIpc) is 2.57. The Balaban J connectivity index is 2.15. The first-order valence-electron chi connectivity index (χ1n) is 7.53. The molecule has 130 valence electrons. The number of sulfonamides is 1. The Morgan fingerprint density at radius 1 is 0.880 bits per heavy atom. The maximum absolute atomic E-state index is 13.0. The molecule has 0 fully saturated rings. The van der Waals surface area contributed by atoms with Crippen molar-refractivity contribution in [2.45, 2.75) is 18.7 Å². The summed E-state index contributed by atoms with van der Waals surface area (Å²) in [6.45, 7) is 3.73. The van der Waals surface area contributed by atoms with Gasteiger partial charge in [0.2, 0.25) is 0 Å². The van der Waals surface area contributed by atoms with Crippen molar-refractivity contribution >= 4 is 26.7 Å². The van der Waals surface area contributed by atoms with Gasteiger partial charge in [-0.1, -0.05) is 12.1 Å². The molecule has 0 atom stereocenters. The molecule has 1 heterocycles. The number of aromatic amines is 2. The summed E-state index contributed by atoms with van der Waals surface area (Å²) < 4.78 is 27.1. The molecule has 0 radical (unpaired) electrons. The van der Waals surface area contributed by atoms with E-state index in [4.69, 9.17) is 0 Å². The Morgan fingerprint density at radius 2 is 1.52 bits per heavy atom. The second-order valence-corrected chi connectivity index (χ2v) is 7.85. The molecule has 7 nitrogen and oxygen atoms in total. The molecule has 25 heavy (non-hydrogen) atoms. The molecule has 0 saturated carbocycles. The maximum atomic E-state index is 13.0. The quantitative estimate of drug-likeness (QED) is 0.694. The lowest BCUT2D eigenvalue weighted by Crippen LogP contribution is -2.29. The molecule has 8 heteroatoms. The number of hydrogen-bond donors (Lipinski definition) is 2. The Kier molecular flexibility index (Phi) is 4.00. The zero-order chi connectivity index (χ0) is 18.4. The van der Waals surface area contributed by atoms with Gasteiger partial charge in [0.25, 0.3) is 10.0 Å². The highest BCUT2D eigenvalue weighted by atomic mass is 32.2. The Morgan fingerprint density at radius 3 is 2.20 bits per heavy atom. The van der Waals surface area contributed by atoms with Gasteiger partial charge in [0, 0.05) is 7.05 Å². The van der Waals surface area contributed by atoms with Crippen molar-refractivity contribution in [2.75, 3.05) is 11.4 Å². The minimum Gasteiger partial charge on any atom is -0.316 e. The van der Waals surface area contributed by atoms with Gasteiger partial charge in [-0.3, -0.25) is 13.9 Å². The van der Waals surface area contributed by atoms with Crippen LogP contribution in [0.5, 0.6) is 0 Å². The molecule has 0 aliphatic rings. The largest absolute Gasteiger partial charge is 0.316 e. The van der Waals surface area contributed by atoms with E-state index < -0.39 is 21.1 Å². The van der Waals surface area contributed by atoms with Crippen LogP contribution in [-0.4, -0.2) is 25.4 Å². The first-order chi connectivity index (χ1) is 11.7. The van der Waals surface area contributed by atoms with E-state index in [0.29, 0.717) is 11.2 Å². The number of aromatic nitrogens is 2. The predicted molar refractivity (Wildman–Crippen MR) is 96.7 cm³/mol. The lowest BCUT2D eigenvalue weighted by molar-refractivity contribution is 0.594. The number of H-pyrrole nitrogens is 2. The summed E-state index contributed by atoms with van der Waals surface area (Å²) in [7, 11) is -2.34. The van der Waals surface area contributed by atoms with E-state index >= 15 is 0 Å². The van der Waals surface area contributed by atoms with E-state index in [2.05, 4.69) is 9.97 Å². The van der Waals surface area contributed by atoms with E-state index in [1.807, 2.05) is 26.0 Å². The van der Waals surface area contributed by atoms with Crippen LogP contribution in [0.1, 0.15) is 11.1 Å². The highest BCUT2D eigenvalue weighted by Crippen LogP contribution is 2.27. The normalized spacial score (nSPS) is 11.6. The summed E-state index contributed by atoms with van der Waals surface area (Å²) in [4.78, 5) is 27.6. The van der Waals surface area contributed by atoms with Crippen molar-refractivity contribution in [2.24, 2.45) is 0 Å². The maximum Gasteiger partial charge on any atom is 0.314 e. The monoisotopic (exact) mass is 359 g/mol. The molecule has 2 aromatic carbocycles. The molecule has 0 unspecified atom stereocenters. The zero-order valence-electron chi connectivity index (χ0n) is 14.0. The number of hydrogen-bond acceptors (Lipinski definition) is 4. The van der Waals surface area contributed by atoms with Gasteiger partial charge in [-0.25, -0.2) is 8.42 Å². The lowest BCUT2D eigenvalue weighted by Gasteiger charge is -2.22. The number of nitrogens with zero attached hydrogens (tertiary/aromatic N) is 1. The second-order valence-electron chi connectivity index (χ2n) is 5.88. The lowest BCUT2D eigenvalue weighted by atomic mass is 10.1. The number of aryl methyl sites for hydroxylation is 2. The van der Waals surface area contributed by atoms with Gasteiger partial charge in [0.1, 0.15) is 0 Å². The van der Waals surface area contributed by atoms with Crippen LogP contribution in [0.4, 0.5) is 5.69 Å². The zero-order valence-corrected chi connectivity index (χ0v) is 14.8. The summed E-state index contributed by atoms with van der Waals surface area (Å²) >= 11 is 0. The summed E-state index contributed by atoms with van der Waals surface area (Å²) in [5, 5.41) is 0. The predicted octanol–water partition coefficient (Wildman–Crippen LogP) is 1.66. The van der Waals surface area contributed by atoms with Crippen LogP contribution in [0.3, 0.4) is 0 Å². The minimum absolute atomic E-state index is 0.0195. The molecule has 0 aliphatic heterocycles. The Hall–Kier alpha value is -2.87. The van der Waals surface area contributed by atoms with Crippen LogP contribution in [0, 0.1) is 13.8 Å². The first kappa shape index (κ1) is 17.0. The van der Waals surface area contributed by atoms with Gasteiger partial charge in [-0.2, -0.15) is 0 Å². The number of anilines is 1. The fraction of sp³-hybridized carbons (Fsp3) is 0.176. The van der Waals surface area contributed by atoms with E-state index in [0.717, 1.165) is 11.1 Å². The third-order valence-electron chi connectivity index (χ3n) is 4.06. The second kappa shape index (κ2) is 5.89. The fourth-order valence-electron chi connectivity index (χ4n) is 2.60. The molecule has 0 bridgehead atoms. The molecular weight excluding hydrogens is 342 g/mol. The van der Waals surface area contributed by atoms with Crippen molar-refractivity contribution in [3.05, 3.63) is 68.2 Å². The van der Waals surface area contributed by atoms with Crippen LogP contribution in [-0.2, 0) is 10.0 Å². The van der Waals surface area contributed by atoms with E-state index in [9.17, 15) is 18.0 Å². The summed E-state index contributed by atoms with van der Waals surface area (Å²) in [6.07, 6.45) is 0. The van der Waals surface area contributed by atoms with Crippen LogP contribution in [0.15, 0.2) is 50.9 Å². The average molecular weight is 359 g/mol. The molecule has 1 aromatic heterocycles. The number of nitrogens with one attached hydrogen (secondary N) is 2. The van der Waals surface area contributed by atoms with E-state index in [-0.39, 0.29) is 10.4 Å². The smallest absolute Gasteiger partial charge is 0.314 e. The summed E-state index contributed by atoms with van der Waals surface area (Å²) in [5.41, 5.74) is 1.35. The van der Waals surface area contributed by atoms with Crippen molar-refractivity contribution in [3.8, 4) is 0 Å². The van der Waals surface area contributed by atoms with E-state index in [1.54, 1.807) is 6.07 Å². The van der Waals surface area contributed by atoms with Gasteiger partial charge >= 0.3 is 11.1 Å². The number of fused-ring (bicyclic) bond motifs is 1. The molecule has 0 spiro atoms. The van der Waals surface area contributed by atoms with Gasteiger partial charge in [-0.05, 0) is 49.2 Å². The highest BCUT2D eigenvalue weighted by Gasteiger charge is 2.23. The molecule has 0 aliphatic carbocycles. The molecule has 2 N–H and O–H groups in total. The fourth-order valence-corrected chi connectivity index (χ4v) is 3.88. The van der Waals surface area contributed by atoms with Crippen LogP contribution >= 0.6 is 0 Å². The SMILES string of the molecule is Cc1ccc(C)c(N(C)S(=O)(=O)c2ccc3[nH]c(=O)c(=O)[nH]c3c2)c1. The van der Waals surface area contributed by atoms with Crippen molar-refractivity contribution in [1.82, 2.24) is 9.97 Å². The van der Waals surface area contributed by atoms with Crippen molar-refractivity contribution < 1.29 is 8.42 Å². The third kappa shape index (κ3) is 2.96. The Bertz CT molecular complexity index is 1190. The topological polar surface area (TPSA) is 103 Å². The summed E-state index contributed by atoms with van der Waals surface area (Å²) in [6, 6.07) is 9.76. The third-order valence-corrected chi connectivity index (χ3v) is 5.82. The number of benzene rings is 2. The molecule has 3 rings (SSSR count). The minimum atomic E-state index is -3.83. The first-order valence-corrected chi connectivity index (χ1v) is 8.97. The van der Waals surface area contributed by atoms with Crippen LogP contribution in [0.25, 0.3) is 11.0 Å². The van der Waals surface area contributed by atoms with Gasteiger partial charge in [-0.15, -0.1) is 0 Å². The van der Waals surface area contributed by atoms with Crippen LogP contribution < -0.4 is 15.4 Å². The molecule has 3 aromatic rings. The van der Waals surface area contributed by atoms with E-state index in [1.165, 1.54) is 29.6 Å². The van der Waals surface area contributed by atoms with Crippen molar-refractivity contribution in [3.63, 3.8) is 0 Å². The molecular formula is C17H17N3O4S. The standard InChI is InChI=1S/C17H17N3O4S/c1-10-4-5-11(2)15(8-10)20(3)25(23,24)12-6-7-13-14(9-12)19-17(22)16(21)18-13/h4-9H,1-3H3,(H,18,21)(H,19,22). The molecule has 0 saturated heterocycles.